The number of nitrogens with one attached hydrogen (secondary N) is 2. The molecule has 2 aliphatic rings. The van der Waals surface area contributed by atoms with Crippen LogP contribution in [0.2, 0.25) is 0 Å². The molecule has 1 aliphatic heterocycles. The molecule has 1 heterocycles. The Morgan fingerprint density at radius 3 is 2.83 bits per heavy atom. The van der Waals surface area contributed by atoms with Crippen LogP contribution in [0, 0.1) is 5.92 Å². The zero-order chi connectivity index (χ0) is 12.5. The van der Waals surface area contributed by atoms with Gasteiger partial charge >= 0.3 is 0 Å². The number of hydrogen-bond donors (Lipinski definition) is 2. The van der Waals surface area contributed by atoms with Crippen LogP contribution in [0.5, 0.6) is 0 Å². The van der Waals surface area contributed by atoms with Crippen LogP contribution in [-0.4, -0.2) is 11.8 Å². The summed E-state index contributed by atoms with van der Waals surface area (Å²) in [6, 6.07) is 5.61. The monoisotopic (exact) mass is 244 g/mol. The van der Waals surface area contributed by atoms with Crippen LogP contribution in [0.15, 0.2) is 18.2 Å². The molecule has 2 N–H and O–H groups in total. The second-order valence-electron chi connectivity index (χ2n) is 5.07. The number of carbonyl (C=O) groups excluding carboxylic acids is 2. The summed E-state index contributed by atoms with van der Waals surface area (Å²) in [5.74, 6) is 0.286. The molecule has 1 saturated carbocycles. The maximum Gasteiger partial charge on any atom is 0.228 e. The highest BCUT2D eigenvalue weighted by atomic mass is 16.2. The van der Waals surface area contributed by atoms with Crippen molar-refractivity contribution in [2.75, 3.05) is 10.6 Å². The summed E-state index contributed by atoms with van der Waals surface area (Å²) >= 11 is 0. The molecule has 0 spiro atoms. The van der Waals surface area contributed by atoms with E-state index in [-0.39, 0.29) is 17.7 Å². The van der Waals surface area contributed by atoms with E-state index in [1.54, 1.807) is 0 Å². The number of benzene rings is 1. The summed E-state index contributed by atoms with van der Waals surface area (Å²) in [4.78, 5) is 23.2. The van der Waals surface area contributed by atoms with Crippen molar-refractivity contribution >= 4 is 23.2 Å². The van der Waals surface area contributed by atoms with Gasteiger partial charge in [0.1, 0.15) is 0 Å². The fourth-order valence-electron chi connectivity index (χ4n) is 2.72. The molecule has 0 saturated heterocycles. The van der Waals surface area contributed by atoms with Gasteiger partial charge in [0.2, 0.25) is 11.8 Å². The third-order valence-corrected chi connectivity index (χ3v) is 3.73. The maximum atomic E-state index is 12.0. The number of rotatable bonds is 2. The number of amides is 2. The van der Waals surface area contributed by atoms with Gasteiger partial charge in [0, 0.05) is 17.3 Å². The predicted molar refractivity (Wildman–Crippen MR) is 69.4 cm³/mol. The lowest BCUT2D eigenvalue weighted by Gasteiger charge is -2.11. The van der Waals surface area contributed by atoms with Crippen molar-refractivity contribution in [1.82, 2.24) is 0 Å². The smallest absolute Gasteiger partial charge is 0.228 e. The Balaban J connectivity index is 1.72. The first-order chi connectivity index (χ1) is 8.72. The lowest BCUT2D eigenvalue weighted by atomic mass is 10.1. The number of anilines is 2. The molecule has 1 aliphatic carbocycles. The quantitative estimate of drug-likeness (QED) is 0.838. The summed E-state index contributed by atoms with van der Waals surface area (Å²) in [7, 11) is 0. The Hall–Kier alpha value is -1.84. The molecular weight excluding hydrogens is 228 g/mol. The Bertz CT molecular complexity index is 505. The summed E-state index contributed by atoms with van der Waals surface area (Å²) in [5, 5.41) is 5.73. The fourth-order valence-corrected chi connectivity index (χ4v) is 2.72. The molecule has 1 aromatic rings. The molecule has 1 aromatic carbocycles. The Morgan fingerprint density at radius 1 is 1.28 bits per heavy atom. The lowest BCUT2D eigenvalue weighted by Crippen LogP contribution is -2.20. The van der Waals surface area contributed by atoms with Crippen molar-refractivity contribution < 1.29 is 9.59 Å². The molecule has 0 radical (unpaired) electrons. The van der Waals surface area contributed by atoms with Crippen molar-refractivity contribution in [3.63, 3.8) is 0 Å². The molecule has 0 unspecified atom stereocenters. The van der Waals surface area contributed by atoms with E-state index in [4.69, 9.17) is 0 Å². The molecule has 0 atom stereocenters. The average Bonchev–Trinajstić information content (AvgIpc) is 2.95. The predicted octanol–water partition coefficient (Wildman–Crippen LogP) is 2.31. The molecule has 3 rings (SSSR count). The minimum Gasteiger partial charge on any atom is -0.326 e. The Kier molecular flexibility index (Phi) is 2.78. The molecule has 94 valence electrons. The lowest BCUT2D eigenvalue weighted by molar-refractivity contribution is -0.119. The normalized spacial score (nSPS) is 18.6. The highest BCUT2D eigenvalue weighted by molar-refractivity contribution is 6.01. The molecule has 18 heavy (non-hydrogen) atoms. The molecule has 0 bridgehead atoms. The van der Waals surface area contributed by atoms with Crippen molar-refractivity contribution in [2.24, 2.45) is 5.92 Å². The van der Waals surface area contributed by atoms with E-state index in [1.165, 1.54) is 0 Å². The SMILES string of the molecule is O=C1Cc2ccc(NC(=O)C3CCCC3)cc2N1. The first kappa shape index (κ1) is 11.3. The van der Waals surface area contributed by atoms with E-state index >= 15 is 0 Å². The van der Waals surface area contributed by atoms with Crippen LogP contribution < -0.4 is 10.6 Å². The minimum absolute atomic E-state index is 0.0178. The van der Waals surface area contributed by atoms with Crippen molar-refractivity contribution in [2.45, 2.75) is 32.1 Å². The van der Waals surface area contributed by atoms with E-state index in [0.29, 0.717) is 6.42 Å². The van der Waals surface area contributed by atoms with E-state index in [1.807, 2.05) is 18.2 Å². The molecule has 4 heteroatoms. The van der Waals surface area contributed by atoms with Crippen molar-refractivity contribution in [1.29, 1.82) is 0 Å². The zero-order valence-corrected chi connectivity index (χ0v) is 10.2. The maximum absolute atomic E-state index is 12.0. The van der Waals surface area contributed by atoms with Crippen LogP contribution in [0.3, 0.4) is 0 Å². The Labute approximate surface area is 106 Å². The zero-order valence-electron chi connectivity index (χ0n) is 10.2. The van der Waals surface area contributed by atoms with Gasteiger partial charge in [-0.3, -0.25) is 9.59 Å². The molecular formula is C14H16N2O2. The second kappa shape index (κ2) is 4.44. The minimum atomic E-state index is 0.0178. The number of carbonyl (C=O) groups is 2. The summed E-state index contributed by atoms with van der Waals surface area (Å²) < 4.78 is 0. The van der Waals surface area contributed by atoms with Gasteiger partial charge in [-0.05, 0) is 30.5 Å². The van der Waals surface area contributed by atoms with Crippen LogP contribution in [0.1, 0.15) is 31.2 Å². The third kappa shape index (κ3) is 2.10. The van der Waals surface area contributed by atoms with Gasteiger partial charge < -0.3 is 10.6 Å². The van der Waals surface area contributed by atoms with E-state index < -0.39 is 0 Å². The highest BCUT2D eigenvalue weighted by Crippen LogP contribution is 2.29. The van der Waals surface area contributed by atoms with E-state index in [0.717, 1.165) is 42.6 Å². The summed E-state index contributed by atoms with van der Waals surface area (Å²) in [6.45, 7) is 0. The largest absolute Gasteiger partial charge is 0.326 e. The van der Waals surface area contributed by atoms with Crippen LogP contribution in [0.4, 0.5) is 11.4 Å². The standard InChI is InChI=1S/C14H16N2O2/c17-13-7-10-5-6-11(8-12(10)16-13)15-14(18)9-3-1-2-4-9/h5-6,8-9H,1-4,7H2,(H,15,18)(H,16,17). The van der Waals surface area contributed by atoms with E-state index in [2.05, 4.69) is 10.6 Å². The summed E-state index contributed by atoms with van der Waals surface area (Å²) in [6.07, 6.45) is 4.73. The summed E-state index contributed by atoms with van der Waals surface area (Å²) in [5.41, 5.74) is 2.59. The first-order valence-electron chi connectivity index (χ1n) is 6.46. The molecule has 0 aromatic heterocycles. The van der Waals surface area contributed by atoms with Gasteiger partial charge in [-0.1, -0.05) is 18.9 Å². The van der Waals surface area contributed by atoms with Gasteiger partial charge in [-0.15, -0.1) is 0 Å². The van der Waals surface area contributed by atoms with Gasteiger partial charge in [0.05, 0.1) is 6.42 Å². The van der Waals surface area contributed by atoms with Crippen molar-refractivity contribution in [3.8, 4) is 0 Å². The first-order valence-corrected chi connectivity index (χ1v) is 6.46. The van der Waals surface area contributed by atoms with Crippen LogP contribution in [-0.2, 0) is 16.0 Å². The van der Waals surface area contributed by atoms with Crippen LogP contribution >= 0.6 is 0 Å². The van der Waals surface area contributed by atoms with Gasteiger partial charge in [-0.25, -0.2) is 0 Å². The topological polar surface area (TPSA) is 58.2 Å². The third-order valence-electron chi connectivity index (χ3n) is 3.73. The highest BCUT2D eigenvalue weighted by Gasteiger charge is 2.23. The molecule has 1 fully saturated rings. The molecule has 4 nitrogen and oxygen atoms in total. The fraction of sp³-hybridized carbons (Fsp3) is 0.429. The molecule has 2 amide bonds. The van der Waals surface area contributed by atoms with Gasteiger partial charge in [0.15, 0.2) is 0 Å². The van der Waals surface area contributed by atoms with Gasteiger partial charge in [-0.2, -0.15) is 0 Å². The van der Waals surface area contributed by atoms with E-state index in [9.17, 15) is 9.59 Å². The van der Waals surface area contributed by atoms with Crippen LogP contribution in [0.25, 0.3) is 0 Å². The Morgan fingerprint density at radius 2 is 2.06 bits per heavy atom. The number of hydrogen-bond acceptors (Lipinski definition) is 2. The van der Waals surface area contributed by atoms with Crippen molar-refractivity contribution in [3.05, 3.63) is 23.8 Å². The van der Waals surface area contributed by atoms with Gasteiger partial charge in [0.25, 0.3) is 0 Å². The second-order valence-corrected chi connectivity index (χ2v) is 5.07. The number of fused-ring (bicyclic) bond motifs is 1. The average molecular weight is 244 g/mol.